The third-order valence-corrected chi connectivity index (χ3v) is 4.37. The highest BCUT2D eigenvalue weighted by Gasteiger charge is 2.30. The van der Waals surface area contributed by atoms with Crippen molar-refractivity contribution in [1.82, 2.24) is 0 Å². The Morgan fingerprint density at radius 2 is 2.09 bits per heavy atom. The zero-order valence-electron chi connectivity index (χ0n) is 12.5. The van der Waals surface area contributed by atoms with Gasteiger partial charge in [-0.25, -0.2) is 4.79 Å². The molecule has 0 bridgehead atoms. The first-order chi connectivity index (χ1) is 10.7. The minimum absolute atomic E-state index is 0.0729. The Hall–Kier alpha value is -2.49. The van der Waals surface area contributed by atoms with E-state index in [0.717, 1.165) is 42.1 Å². The van der Waals surface area contributed by atoms with Crippen LogP contribution in [0.4, 0.5) is 16.2 Å². The van der Waals surface area contributed by atoms with Crippen LogP contribution in [-0.2, 0) is 12.8 Å². The summed E-state index contributed by atoms with van der Waals surface area (Å²) in [7, 11) is 0. The maximum absolute atomic E-state index is 12.7. The lowest BCUT2D eigenvalue weighted by Crippen LogP contribution is -2.39. The summed E-state index contributed by atoms with van der Waals surface area (Å²) in [6.07, 6.45) is 1.81. The Balaban J connectivity index is 1.58. The Bertz CT molecular complexity index is 742. The van der Waals surface area contributed by atoms with Gasteiger partial charge in [-0.3, -0.25) is 4.90 Å². The van der Waals surface area contributed by atoms with E-state index in [2.05, 4.69) is 18.3 Å². The van der Waals surface area contributed by atoms with Crippen molar-refractivity contribution < 1.29 is 9.53 Å². The molecule has 0 radical (unpaired) electrons. The molecule has 2 aliphatic rings. The van der Waals surface area contributed by atoms with Gasteiger partial charge in [-0.1, -0.05) is 18.2 Å². The highest BCUT2D eigenvalue weighted by atomic mass is 16.5. The van der Waals surface area contributed by atoms with Crippen molar-refractivity contribution in [3.63, 3.8) is 0 Å². The molecule has 22 heavy (non-hydrogen) atoms. The highest BCUT2D eigenvalue weighted by Crippen LogP contribution is 2.33. The van der Waals surface area contributed by atoms with Gasteiger partial charge in [0, 0.05) is 23.8 Å². The molecule has 0 aliphatic carbocycles. The van der Waals surface area contributed by atoms with Crippen molar-refractivity contribution in [1.29, 1.82) is 0 Å². The predicted molar refractivity (Wildman–Crippen MR) is 86.7 cm³/mol. The highest BCUT2D eigenvalue weighted by molar-refractivity contribution is 6.03. The van der Waals surface area contributed by atoms with Crippen molar-refractivity contribution in [3.8, 4) is 5.75 Å². The van der Waals surface area contributed by atoms with Crippen molar-refractivity contribution in [2.45, 2.75) is 25.8 Å². The lowest BCUT2D eigenvalue weighted by atomic mass is 10.1. The third-order valence-electron chi connectivity index (χ3n) is 4.37. The van der Waals surface area contributed by atoms with Gasteiger partial charge >= 0.3 is 6.03 Å². The first-order valence-corrected chi connectivity index (χ1v) is 7.66. The number of anilines is 2. The summed E-state index contributed by atoms with van der Waals surface area (Å²) < 4.78 is 5.50. The molecule has 0 aromatic heterocycles. The minimum Gasteiger partial charge on any atom is -0.493 e. The van der Waals surface area contributed by atoms with Gasteiger partial charge in [-0.15, -0.1) is 0 Å². The molecule has 1 N–H and O–H groups in total. The van der Waals surface area contributed by atoms with Crippen LogP contribution in [0.2, 0.25) is 0 Å². The normalized spacial score (nSPS) is 18.6. The fourth-order valence-electron chi connectivity index (χ4n) is 3.32. The van der Waals surface area contributed by atoms with E-state index in [1.54, 1.807) is 0 Å². The number of rotatable bonds is 1. The van der Waals surface area contributed by atoms with Gasteiger partial charge < -0.3 is 10.1 Å². The molecule has 1 unspecified atom stereocenters. The summed E-state index contributed by atoms with van der Waals surface area (Å²) in [5.74, 6) is 0.929. The first kappa shape index (κ1) is 13.2. The quantitative estimate of drug-likeness (QED) is 0.873. The number of nitrogens with one attached hydrogen (secondary N) is 1. The number of carbonyl (C=O) groups is 1. The van der Waals surface area contributed by atoms with Crippen molar-refractivity contribution in [2.24, 2.45) is 0 Å². The zero-order valence-corrected chi connectivity index (χ0v) is 12.5. The SMILES string of the molecule is CC1Cc2ccccc2N1C(=O)Nc1ccc2c(c1)CCO2. The molecule has 2 aromatic rings. The second kappa shape index (κ2) is 5.05. The van der Waals surface area contributed by atoms with E-state index in [9.17, 15) is 4.79 Å². The molecule has 2 amide bonds. The van der Waals surface area contributed by atoms with E-state index in [1.165, 1.54) is 5.56 Å². The Labute approximate surface area is 129 Å². The summed E-state index contributed by atoms with van der Waals surface area (Å²) in [4.78, 5) is 14.5. The van der Waals surface area contributed by atoms with Gasteiger partial charge in [-0.05, 0) is 48.7 Å². The van der Waals surface area contributed by atoms with Gasteiger partial charge in [0.05, 0.1) is 6.61 Å². The van der Waals surface area contributed by atoms with Gasteiger partial charge in [0.15, 0.2) is 0 Å². The van der Waals surface area contributed by atoms with E-state index in [1.807, 2.05) is 41.3 Å². The molecule has 2 aliphatic heterocycles. The lowest BCUT2D eigenvalue weighted by Gasteiger charge is -2.23. The number of hydrogen-bond acceptors (Lipinski definition) is 2. The van der Waals surface area contributed by atoms with E-state index >= 15 is 0 Å². The molecule has 4 heteroatoms. The third kappa shape index (κ3) is 2.11. The Kier molecular flexibility index (Phi) is 3.03. The topological polar surface area (TPSA) is 41.6 Å². The second-order valence-electron chi connectivity index (χ2n) is 5.90. The molecule has 0 saturated carbocycles. The Morgan fingerprint density at radius 1 is 1.23 bits per heavy atom. The molecule has 4 rings (SSSR count). The van der Waals surface area contributed by atoms with Crippen LogP contribution < -0.4 is 15.0 Å². The molecule has 0 spiro atoms. The predicted octanol–water partition coefficient (Wildman–Crippen LogP) is 3.60. The number of urea groups is 1. The number of fused-ring (bicyclic) bond motifs is 2. The zero-order chi connectivity index (χ0) is 15.1. The molecule has 0 fully saturated rings. The van der Waals surface area contributed by atoms with Crippen LogP contribution in [0.3, 0.4) is 0 Å². The van der Waals surface area contributed by atoms with Crippen LogP contribution in [-0.4, -0.2) is 18.7 Å². The van der Waals surface area contributed by atoms with Gasteiger partial charge in [0.25, 0.3) is 0 Å². The van der Waals surface area contributed by atoms with Gasteiger partial charge in [-0.2, -0.15) is 0 Å². The summed E-state index contributed by atoms with van der Waals surface area (Å²) >= 11 is 0. The maximum atomic E-state index is 12.7. The minimum atomic E-state index is -0.0729. The van der Waals surface area contributed by atoms with Crippen LogP contribution in [0.15, 0.2) is 42.5 Å². The van der Waals surface area contributed by atoms with Crippen LogP contribution in [0, 0.1) is 0 Å². The van der Waals surface area contributed by atoms with Gasteiger partial charge in [0.1, 0.15) is 5.75 Å². The van der Waals surface area contributed by atoms with E-state index in [0.29, 0.717) is 0 Å². The average molecular weight is 294 g/mol. The fourth-order valence-corrected chi connectivity index (χ4v) is 3.32. The van der Waals surface area contributed by atoms with E-state index in [-0.39, 0.29) is 12.1 Å². The van der Waals surface area contributed by atoms with Gasteiger partial charge in [0.2, 0.25) is 0 Å². The average Bonchev–Trinajstić information content (AvgIpc) is 3.09. The maximum Gasteiger partial charge on any atom is 0.326 e. The smallest absolute Gasteiger partial charge is 0.326 e. The number of ether oxygens (including phenoxy) is 1. The van der Waals surface area contributed by atoms with Crippen LogP contribution in [0.5, 0.6) is 5.75 Å². The first-order valence-electron chi connectivity index (χ1n) is 7.66. The summed E-state index contributed by atoms with van der Waals surface area (Å²) in [5.41, 5.74) is 4.22. The Morgan fingerprint density at radius 3 is 3.00 bits per heavy atom. The van der Waals surface area contributed by atoms with Crippen LogP contribution in [0.25, 0.3) is 0 Å². The monoisotopic (exact) mass is 294 g/mol. The molecular weight excluding hydrogens is 276 g/mol. The summed E-state index contributed by atoms with van der Waals surface area (Å²) in [6.45, 7) is 2.80. The number of para-hydroxylation sites is 1. The molecule has 1 atom stereocenters. The van der Waals surface area contributed by atoms with Crippen LogP contribution in [0.1, 0.15) is 18.1 Å². The molecule has 0 saturated heterocycles. The van der Waals surface area contributed by atoms with E-state index in [4.69, 9.17) is 4.74 Å². The number of carbonyl (C=O) groups excluding carboxylic acids is 1. The standard InChI is InChI=1S/C18H18N2O2/c1-12-10-13-4-2-3-5-16(13)20(12)18(21)19-15-6-7-17-14(11-15)8-9-22-17/h2-7,11-12H,8-10H2,1H3,(H,19,21). The van der Waals surface area contributed by atoms with E-state index < -0.39 is 0 Å². The molecule has 2 heterocycles. The second-order valence-corrected chi connectivity index (χ2v) is 5.90. The number of benzene rings is 2. The summed E-state index contributed by atoms with van der Waals surface area (Å²) in [6, 6.07) is 14.0. The fraction of sp³-hybridized carbons (Fsp3) is 0.278. The van der Waals surface area contributed by atoms with Crippen molar-refractivity contribution in [3.05, 3.63) is 53.6 Å². The number of nitrogens with zero attached hydrogens (tertiary/aromatic N) is 1. The van der Waals surface area contributed by atoms with Crippen molar-refractivity contribution >= 4 is 17.4 Å². The molecule has 112 valence electrons. The lowest BCUT2D eigenvalue weighted by molar-refractivity contribution is 0.256. The number of amides is 2. The number of hydrogen-bond donors (Lipinski definition) is 1. The largest absolute Gasteiger partial charge is 0.493 e. The summed E-state index contributed by atoms with van der Waals surface area (Å²) in [5, 5.41) is 3.02. The molecular formula is C18H18N2O2. The van der Waals surface area contributed by atoms with Crippen LogP contribution >= 0.6 is 0 Å². The van der Waals surface area contributed by atoms with Crippen molar-refractivity contribution in [2.75, 3.05) is 16.8 Å². The molecule has 2 aromatic carbocycles. The molecule has 4 nitrogen and oxygen atoms in total.